The maximum Gasteiger partial charge on any atom is 0.226 e. The van der Waals surface area contributed by atoms with Gasteiger partial charge in [0.15, 0.2) is 0 Å². The molecule has 0 bridgehead atoms. The van der Waals surface area contributed by atoms with Gasteiger partial charge in [-0.3, -0.25) is 0 Å². The second-order valence-corrected chi connectivity index (χ2v) is 4.88. The summed E-state index contributed by atoms with van der Waals surface area (Å²) in [6, 6.07) is 10.2. The lowest BCUT2D eigenvalue weighted by Gasteiger charge is -2.20. The van der Waals surface area contributed by atoms with E-state index in [9.17, 15) is 0 Å². The number of anilines is 2. The van der Waals surface area contributed by atoms with Gasteiger partial charge in [0.2, 0.25) is 5.28 Å². The number of nitrogens with zero attached hydrogens (tertiary/aromatic N) is 2. The molecule has 4 nitrogen and oxygen atoms in total. The van der Waals surface area contributed by atoms with Crippen LogP contribution in [-0.4, -0.2) is 16.5 Å². The summed E-state index contributed by atoms with van der Waals surface area (Å²) < 4.78 is 0. The van der Waals surface area contributed by atoms with Crippen LogP contribution in [0.2, 0.25) is 5.28 Å². The van der Waals surface area contributed by atoms with Crippen molar-refractivity contribution < 1.29 is 0 Å². The van der Waals surface area contributed by atoms with Crippen LogP contribution in [0.4, 0.5) is 11.6 Å². The number of aromatic nitrogens is 2. The molecule has 0 aliphatic carbocycles. The molecule has 0 saturated heterocycles. The fourth-order valence-corrected chi connectivity index (χ4v) is 2.41. The zero-order valence-corrected chi connectivity index (χ0v) is 11.2. The van der Waals surface area contributed by atoms with E-state index in [2.05, 4.69) is 32.7 Å². The van der Waals surface area contributed by atoms with Crippen molar-refractivity contribution in [1.82, 2.24) is 9.97 Å². The fourth-order valence-electron chi connectivity index (χ4n) is 2.24. The molecule has 0 radical (unpaired) electrons. The maximum absolute atomic E-state index is 5.96. The molecule has 5 heteroatoms. The van der Waals surface area contributed by atoms with Crippen LogP contribution in [0.5, 0.6) is 0 Å². The number of hydrogen-bond acceptors (Lipinski definition) is 4. The van der Waals surface area contributed by atoms with E-state index in [1.54, 1.807) is 0 Å². The Morgan fingerprint density at radius 2 is 2.05 bits per heavy atom. The van der Waals surface area contributed by atoms with Crippen LogP contribution in [-0.2, 0) is 13.0 Å². The highest BCUT2D eigenvalue weighted by Gasteiger charge is 2.16. The van der Waals surface area contributed by atoms with Crippen molar-refractivity contribution in [3.8, 4) is 0 Å². The number of rotatable bonds is 3. The molecule has 1 aromatic heterocycles. The maximum atomic E-state index is 5.96. The second kappa shape index (κ2) is 5.45. The largest absolute Gasteiger partial charge is 0.370 e. The minimum absolute atomic E-state index is 0.281. The molecular weight excluding hydrogens is 260 g/mol. The van der Waals surface area contributed by atoms with Gasteiger partial charge in [-0.05, 0) is 30.0 Å². The van der Waals surface area contributed by atoms with Crippen LogP contribution >= 0.6 is 11.6 Å². The third kappa shape index (κ3) is 2.79. The third-order valence-electron chi connectivity index (χ3n) is 3.18. The minimum atomic E-state index is 0.281. The van der Waals surface area contributed by atoms with Crippen molar-refractivity contribution in [2.45, 2.75) is 19.4 Å². The normalized spacial score (nSPS) is 13.5. The molecule has 0 saturated carbocycles. The number of nitrogens with one attached hydrogen (secondary N) is 2. The summed E-state index contributed by atoms with van der Waals surface area (Å²) in [5.41, 5.74) is 2.35. The Morgan fingerprint density at radius 3 is 2.89 bits per heavy atom. The first-order valence-corrected chi connectivity index (χ1v) is 6.79. The van der Waals surface area contributed by atoms with Gasteiger partial charge >= 0.3 is 0 Å². The molecule has 3 rings (SSSR count). The quantitative estimate of drug-likeness (QED) is 0.845. The predicted molar refractivity (Wildman–Crippen MR) is 77.6 cm³/mol. The lowest BCUT2D eigenvalue weighted by Crippen LogP contribution is -2.17. The molecule has 2 N–H and O–H groups in total. The monoisotopic (exact) mass is 274 g/mol. The lowest BCUT2D eigenvalue weighted by molar-refractivity contribution is 0.808. The standard InChI is InChI=1S/C14H15ClN4/c15-14-18-12-11(7-4-8-16-12)13(19-14)17-9-10-5-2-1-3-6-10/h1-3,5-6H,4,7-9H2,(H2,16,17,18,19). The Labute approximate surface area is 117 Å². The Bertz CT molecular complexity index is 571. The van der Waals surface area contributed by atoms with Gasteiger partial charge in [-0.2, -0.15) is 0 Å². The Morgan fingerprint density at radius 1 is 1.21 bits per heavy atom. The Balaban J connectivity index is 1.82. The van der Waals surface area contributed by atoms with E-state index in [1.165, 1.54) is 5.56 Å². The summed E-state index contributed by atoms with van der Waals surface area (Å²) in [6.07, 6.45) is 2.08. The van der Waals surface area contributed by atoms with E-state index in [0.717, 1.165) is 43.1 Å². The summed E-state index contributed by atoms with van der Waals surface area (Å²) >= 11 is 5.96. The highest BCUT2D eigenvalue weighted by Crippen LogP contribution is 2.27. The van der Waals surface area contributed by atoms with Crippen LogP contribution in [0.25, 0.3) is 0 Å². The van der Waals surface area contributed by atoms with Crippen LogP contribution < -0.4 is 10.6 Å². The molecular formula is C14H15ClN4. The van der Waals surface area contributed by atoms with Crippen molar-refractivity contribution in [2.24, 2.45) is 0 Å². The zero-order valence-electron chi connectivity index (χ0n) is 10.5. The van der Waals surface area contributed by atoms with Gasteiger partial charge in [-0.25, -0.2) is 9.97 Å². The summed E-state index contributed by atoms with van der Waals surface area (Å²) in [7, 11) is 0. The molecule has 1 aliphatic rings. The van der Waals surface area contributed by atoms with Gasteiger partial charge in [0.25, 0.3) is 0 Å². The van der Waals surface area contributed by atoms with Crippen molar-refractivity contribution in [1.29, 1.82) is 0 Å². The van der Waals surface area contributed by atoms with Gasteiger partial charge in [0.1, 0.15) is 11.6 Å². The molecule has 1 aliphatic heterocycles. The van der Waals surface area contributed by atoms with E-state index in [4.69, 9.17) is 11.6 Å². The van der Waals surface area contributed by atoms with Crippen LogP contribution in [0, 0.1) is 0 Å². The molecule has 1 aromatic carbocycles. The first-order valence-electron chi connectivity index (χ1n) is 6.41. The second-order valence-electron chi connectivity index (χ2n) is 4.54. The zero-order chi connectivity index (χ0) is 13.1. The molecule has 0 fully saturated rings. The molecule has 2 aromatic rings. The van der Waals surface area contributed by atoms with Crippen LogP contribution in [0.3, 0.4) is 0 Å². The third-order valence-corrected chi connectivity index (χ3v) is 3.35. The first kappa shape index (κ1) is 12.2. The van der Waals surface area contributed by atoms with Crippen LogP contribution in [0.15, 0.2) is 30.3 Å². The number of benzene rings is 1. The van der Waals surface area contributed by atoms with Gasteiger partial charge in [-0.15, -0.1) is 0 Å². The number of fused-ring (bicyclic) bond motifs is 1. The average molecular weight is 275 g/mol. The van der Waals surface area contributed by atoms with Gasteiger partial charge in [0, 0.05) is 18.7 Å². The SMILES string of the molecule is Clc1nc2c(c(NCc3ccccc3)n1)CCCN2. The van der Waals surface area contributed by atoms with Crippen molar-refractivity contribution >= 4 is 23.2 Å². The Kier molecular flexibility index (Phi) is 3.51. The smallest absolute Gasteiger partial charge is 0.226 e. The molecule has 0 atom stereocenters. The average Bonchev–Trinajstić information content (AvgIpc) is 2.45. The summed E-state index contributed by atoms with van der Waals surface area (Å²) in [5, 5.41) is 6.90. The molecule has 19 heavy (non-hydrogen) atoms. The summed E-state index contributed by atoms with van der Waals surface area (Å²) in [6.45, 7) is 1.68. The lowest BCUT2D eigenvalue weighted by atomic mass is 10.1. The molecule has 0 amide bonds. The highest BCUT2D eigenvalue weighted by atomic mass is 35.5. The molecule has 2 heterocycles. The minimum Gasteiger partial charge on any atom is -0.370 e. The van der Waals surface area contributed by atoms with E-state index in [1.807, 2.05) is 18.2 Å². The van der Waals surface area contributed by atoms with Crippen LogP contribution in [0.1, 0.15) is 17.5 Å². The van der Waals surface area contributed by atoms with Gasteiger partial charge in [0.05, 0.1) is 0 Å². The van der Waals surface area contributed by atoms with E-state index < -0.39 is 0 Å². The fraction of sp³-hybridized carbons (Fsp3) is 0.286. The highest BCUT2D eigenvalue weighted by molar-refractivity contribution is 6.28. The van der Waals surface area contributed by atoms with Gasteiger partial charge < -0.3 is 10.6 Å². The van der Waals surface area contributed by atoms with Gasteiger partial charge in [-0.1, -0.05) is 30.3 Å². The van der Waals surface area contributed by atoms with E-state index >= 15 is 0 Å². The number of halogens is 1. The molecule has 0 unspecified atom stereocenters. The number of hydrogen-bond donors (Lipinski definition) is 2. The van der Waals surface area contributed by atoms with E-state index in [-0.39, 0.29) is 5.28 Å². The molecule has 0 spiro atoms. The van der Waals surface area contributed by atoms with E-state index in [0.29, 0.717) is 0 Å². The Hall–Kier alpha value is -1.81. The topological polar surface area (TPSA) is 49.8 Å². The van der Waals surface area contributed by atoms with Crippen molar-refractivity contribution in [3.05, 3.63) is 46.7 Å². The van der Waals surface area contributed by atoms with Crippen molar-refractivity contribution in [2.75, 3.05) is 17.2 Å². The predicted octanol–water partition coefficient (Wildman–Crippen LogP) is 3.10. The first-order chi connectivity index (χ1) is 9.33. The molecule has 98 valence electrons. The summed E-state index contributed by atoms with van der Waals surface area (Å²) in [5.74, 6) is 1.70. The summed E-state index contributed by atoms with van der Waals surface area (Å²) in [4.78, 5) is 8.54. The van der Waals surface area contributed by atoms with Crippen molar-refractivity contribution in [3.63, 3.8) is 0 Å².